The Hall–Kier alpha value is -0.930. The molecule has 0 aliphatic carbocycles. The molecule has 2 bridgehead atoms. The van der Waals surface area contributed by atoms with Gasteiger partial charge >= 0.3 is 0 Å². The molecule has 3 heterocycles. The maximum atomic E-state index is 4.10. The van der Waals surface area contributed by atoms with E-state index in [1.165, 1.54) is 44.2 Å². The third-order valence-electron chi connectivity index (χ3n) is 5.03. The molecular weight excluding hydrogens is 246 g/mol. The van der Waals surface area contributed by atoms with Crippen molar-refractivity contribution in [1.82, 2.24) is 15.2 Å². The third kappa shape index (κ3) is 3.58. The molecule has 2 atom stereocenters. The Kier molecular flexibility index (Phi) is 4.69. The number of hydrogen-bond donors (Lipinski definition) is 1. The number of aromatic nitrogens is 1. The van der Waals surface area contributed by atoms with E-state index in [-0.39, 0.29) is 0 Å². The average molecular weight is 273 g/mol. The van der Waals surface area contributed by atoms with E-state index in [1.807, 2.05) is 12.4 Å². The molecule has 2 saturated heterocycles. The molecule has 110 valence electrons. The first-order chi connectivity index (χ1) is 9.83. The van der Waals surface area contributed by atoms with Crippen molar-refractivity contribution in [2.75, 3.05) is 13.1 Å². The number of nitrogens with zero attached hydrogens (tertiary/aromatic N) is 2. The zero-order valence-corrected chi connectivity index (χ0v) is 12.6. The normalized spacial score (nSPS) is 29.0. The highest BCUT2D eigenvalue weighted by molar-refractivity contribution is 5.09. The number of pyridine rings is 1. The summed E-state index contributed by atoms with van der Waals surface area (Å²) in [5.41, 5.74) is 1.38. The van der Waals surface area contributed by atoms with Crippen LogP contribution in [0.2, 0.25) is 0 Å². The highest BCUT2D eigenvalue weighted by Crippen LogP contribution is 2.32. The minimum Gasteiger partial charge on any atom is -0.311 e. The molecule has 3 rings (SSSR count). The molecule has 20 heavy (non-hydrogen) atoms. The van der Waals surface area contributed by atoms with Crippen molar-refractivity contribution in [2.45, 2.75) is 57.7 Å². The van der Waals surface area contributed by atoms with Gasteiger partial charge in [-0.25, -0.2) is 0 Å². The Labute approximate surface area is 122 Å². The highest BCUT2D eigenvalue weighted by atomic mass is 15.1. The third-order valence-corrected chi connectivity index (χ3v) is 5.03. The molecule has 2 aliphatic rings. The van der Waals surface area contributed by atoms with Crippen molar-refractivity contribution in [2.24, 2.45) is 5.92 Å². The molecule has 1 aromatic rings. The van der Waals surface area contributed by atoms with Gasteiger partial charge in [0.25, 0.3) is 0 Å². The smallest absolute Gasteiger partial charge is 0.0271 e. The van der Waals surface area contributed by atoms with Crippen LogP contribution in [-0.2, 0) is 6.54 Å². The lowest BCUT2D eigenvalue weighted by atomic mass is 9.89. The van der Waals surface area contributed by atoms with Crippen LogP contribution in [0.4, 0.5) is 0 Å². The molecular formula is C17H27N3. The van der Waals surface area contributed by atoms with Gasteiger partial charge in [-0.1, -0.05) is 6.92 Å². The lowest BCUT2D eigenvalue weighted by molar-refractivity contribution is 0.219. The van der Waals surface area contributed by atoms with Gasteiger partial charge in [0.15, 0.2) is 0 Å². The Morgan fingerprint density at radius 2 is 1.90 bits per heavy atom. The molecule has 0 spiro atoms. The molecule has 0 saturated carbocycles. The molecule has 1 N–H and O–H groups in total. The van der Waals surface area contributed by atoms with E-state index in [0.29, 0.717) is 0 Å². The summed E-state index contributed by atoms with van der Waals surface area (Å²) in [6.07, 6.45) is 10.8. The predicted molar refractivity (Wildman–Crippen MR) is 82.5 cm³/mol. The largest absolute Gasteiger partial charge is 0.311 e. The van der Waals surface area contributed by atoms with Crippen molar-refractivity contribution in [1.29, 1.82) is 0 Å². The van der Waals surface area contributed by atoms with E-state index in [4.69, 9.17) is 0 Å². The van der Waals surface area contributed by atoms with Crippen molar-refractivity contribution in [3.05, 3.63) is 30.1 Å². The molecule has 3 nitrogen and oxygen atoms in total. The second kappa shape index (κ2) is 6.68. The van der Waals surface area contributed by atoms with Gasteiger partial charge in [-0.3, -0.25) is 9.88 Å². The number of nitrogens with one attached hydrogen (secondary N) is 1. The van der Waals surface area contributed by atoms with E-state index in [1.54, 1.807) is 0 Å². The van der Waals surface area contributed by atoms with E-state index in [9.17, 15) is 0 Å². The first-order valence-corrected chi connectivity index (χ1v) is 8.20. The molecule has 3 heteroatoms. The van der Waals surface area contributed by atoms with Crippen LogP contribution in [0.25, 0.3) is 0 Å². The fraction of sp³-hybridized carbons (Fsp3) is 0.706. The second-order valence-corrected chi connectivity index (χ2v) is 6.49. The van der Waals surface area contributed by atoms with Crippen LogP contribution in [0.15, 0.2) is 24.5 Å². The molecule has 2 fully saturated rings. The molecule has 1 aromatic heterocycles. The Morgan fingerprint density at radius 3 is 2.55 bits per heavy atom. The lowest BCUT2D eigenvalue weighted by Crippen LogP contribution is -2.39. The van der Waals surface area contributed by atoms with Gasteiger partial charge in [-0.05, 0) is 68.8 Å². The molecule has 2 unspecified atom stereocenters. The lowest BCUT2D eigenvalue weighted by Gasteiger charge is -2.31. The fourth-order valence-electron chi connectivity index (χ4n) is 3.87. The maximum absolute atomic E-state index is 4.10. The van der Waals surface area contributed by atoms with E-state index in [2.05, 4.69) is 34.3 Å². The first-order valence-electron chi connectivity index (χ1n) is 8.20. The van der Waals surface area contributed by atoms with Crippen LogP contribution >= 0.6 is 0 Å². The Balaban J connectivity index is 1.46. The highest BCUT2D eigenvalue weighted by Gasteiger charge is 2.33. The van der Waals surface area contributed by atoms with Gasteiger partial charge in [-0.2, -0.15) is 0 Å². The number of rotatable bonds is 6. The van der Waals surface area contributed by atoms with E-state index < -0.39 is 0 Å². The predicted octanol–water partition coefficient (Wildman–Crippen LogP) is 2.82. The molecule has 0 aromatic carbocycles. The summed E-state index contributed by atoms with van der Waals surface area (Å²) in [5.74, 6) is 0.945. The van der Waals surface area contributed by atoms with Crippen LogP contribution in [0.5, 0.6) is 0 Å². The van der Waals surface area contributed by atoms with Gasteiger partial charge in [0.1, 0.15) is 0 Å². The summed E-state index contributed by atoms with van der Waals surface area (Å²) in [4.78, 5) is 6.66. The summed E-state index contributed by atoms with van der Waals surface area (Å²) >= 11 is 0. The van der Waals surface area contributed by atoms with Crippen LogP contribution < -0.4 is 5.32 Å². The first kappa shape index (κ1) is 14.0. The minimum atomic E-state index is 0.828. The standard InChI is InChI=1S/C17H27N3/c1-2-20(13-14-5-8-18-9-6-14)10-7-15-11-16-3-4-17(12-15)19-16/h5-6,8-9,15-17,19H,2-4,7,10-13H2,1H3. The summed E-state index contributed by atoms with van der Waals surface area (Å²) in [7, 11) is 0. The van der Waals surface area contributed by atoms with Crippen LogP contribution in [0, 0.1) is 5.92 Å². The van der Waals surface area contributed by atoms with Crippen LogP contribution in [-0.4, -0.2) is 35.1 Å². The summed E-state index contributed by atoms with van der Waals surface area (Å²) in [5, 5.41) is 3.74. The quantitative estimate of drug-likeness (QED) is 0.864. The molecule has 0 amide bonds. The number of hydrogen-bond acceptors (Lipinski definition) is 3. The monoisotopic (exact) mass is 273 g/mol. The maximum Gasteiger partial charge on any atom is 0.0271 e. The number of fused-ring (bicyclic) bond motifs is 2. The van der Waals surface area contributed by atoms with Gasteiger partial charge in [0, 0.05) is 31.0 Å². The fourth-order valence-corrected chi connectivity index (χ4v) is 3.87. The molecule has 2 aliphatic heterocycles. The SMILES string of the molecule is CCN(CCC1CC2CCC(C1)N2)Cc1ccncc1. The van der Waals surface area contributed by atoms with Gasteiger partial charge in [0.2, 0.25) is 0 Å². The summed E-state index contributed by atoms with van der Waals surface area (Å²) < 4.78 is 0. The Morgan fingerprint density at radius 1 is 1.20 bits per heavy atom. The van der Waals surface area contributed by atoms with Crippen molar-refractivity contribution >= 4 is 0 Å². The average Bonchev–Trinajstić information content (AvgIpc) is 2.83. The van der Waals surface area contributed by atoms with Crippen LogP contribution in [0.3, 0.4) is 0 Å². The zero-order chi connectivity index (χ0) is 13.8. The topological polar surface area (TPSA) is 28.2 Å². The van der Waals surface area contributed by atoms with Crippen LogP contribution in [0.1, 0.15) is 44.6 Å². The van der Waals surface area contributed by atoms with E-state index >= 15 is 0 Å². The summed E-state index contributed by atoms with van der Waals surface area (Å²) in [6, 6.07) is 5.92. The van der Waals surface area contributed by atoms with E-state index in [0.717, 1.165) is 31.1 Å². The van der Waals surface area contributed by atoms with Crippen molar-refractivity contribution in [3.63, 3.8) is 0 Å². The minimum absolute atomic E-state index is 0.828. The summed E-state index contributed by atoms with van der Waals surface area (Å²) in [6.45, 7) is 5.72. The second-order valence-electron chi connectivity index (χ2n) is 6.49. The zero-order valence-electron chi connectivity index (χ0n) is 12.6. The van der Waals surface area contributed by atoms with Gasteiger partial charge < -0.3 is 5.32 Å². The number of piperidine rings is 1. The van der Waals surface area contributed by atoms with Gasteiger partial charge in [0.05, 0.1) is 0 Å². The molecule has 0 radical (unpaired) electrons. The van der Waals surface area contributed by atoms with Crippen molar-refractivity contribution in [3.8, 4) is 0 Å². The Bertz CT molecular complexity index is 394. The van der Waals surface area contributed by atoms with Crippen molar-refractivity contribution < 1.29 is 0 Å². The van der Waals surface area contributed by atoms with Gasteiger partial charge in [-0.15, -0.1) is 0 Å².